The number of piperidine rings is 1. The Hall–Kier alpha value is -0.970. The molecule has 0 saturated carbocycles. The quantitative estimate of drug-likeness (QED) is 0.901. The third kappa shape index (κ3) is 3.75. The maximum Gasteiger partial charge on any atom is 0.127 e. The van der Waals surface area contributed by atoms with E-state index in [0.29, 0.717) is 19.1 Å². The summed E-state index contributed by atoms with van der Waals surface area (Å²) in [5, 5.41) is 0. The summed E-state index contributed by atoms with van der Waals surface area (Å²) in [7, 11) is 4.26. The maximum absolute atomic E-state index is 13.8. The molecule has 0 aliphatic carbocycles. The molecule has 2 rings (SSSR count). The number of nitrogens with two attached hydrogens (primary N) is 1. The highest BCUT2D eigenvalue weighted by Gasteiger charge is 2.21. The van der Waals surface area contributed by atoms with Crippen LogP contribution in [-0.2, 0) is 13.1 Å². The molecule has 0 spiro atoms. The van der Waals surface area contributed by atoms with Crippen LogP contribution in [0.4, 0.5) is 4.39 Å². The summed E-state index contributed by atoms with van der Waals surface area (Å²) < 4.78 is 13.8. The van der Waals surface area contributed by atoms with Gasteiger partial charge in [0.05, 0.1) is 0 Å². The molecule has 19 heavy (non-hydrogen) atoms. The topological polar surface area (TPSA) is 32.5 Å². The lowest BCUT2D eigenvalue weighted by Gasteiger charge is -2.35. The Kier molecular flexibility index (Phi) is 4.91. The molecule has 0 radical (unpaired) electrons. The summed E-state index contributed by atoms with van der Waals surface area (Å²) in [5.41, 5.74) is 7.38. The van der Waals surface area contributed by atoms with Gasteiger partial charge in [-0.25, -0.2) is 4.39 Å². The average Bonchev–Trinajstić information content (AvgIpc) is 2.42. The highest BCUT2D eigenvalue weighted by molar-refractivity contribution is 5.25. The van der Waals surface area contributed by atoms with E-state index in [1.165, 1.54) is 6.07 Å². The fraction of sp³-hybridized carbons (Fsp3) is 0.600. The lowest BCUT2D eigenvalue weighted by Crippen LogP contribution is -2.41. The van der Waals surface area contributed by atoms with Crippen LogP contribution in [-0.4, -0.2) is 43.0 Å². The first-order valence-corrected chi connectivity index (χ1v) is 6.96. The maximum atomic E-state index is 13.8. The predicted octanol–water partition coefficient (Wildman–Crippen LogP) is 1.81. The van der Waals surface area contributed by atoms with E-state index in [-0.39, 0.29) is 5.82 Å². The second-order valence-electron chi connectivity index (χ2n) is 5.60. The van der Waals surface area contributed by atoms with Crippen molar-refractivity contribution in [3.05, 3.63) is 35.1 Å². The minimum Gasteiger partial charge on any atom is -0.326 e. The van der Waals surface area contributed by atoms with Crippen molar-refractivity contribution in [2.24, 2.45) is 5.73 Å². The number of nitrogens with zero attached hydrogens (tertiary/aromatic N) is 2. The number of likely N-dealkylation sites (tertiary alicyclic amines) is 1. The fourth-order valence-corrected chi connectivity index (χ4v) is 2.71. The molecule has 1 aromatic carbocycles. The van der Waals surface area contributed by atoms with Crippen molar-refractivity contribution < 1.29 is 4.39 Å². The summed E-state index contributed by atoms with van der Waals surface area (Å²) in [6.07, 6.45) is 2.32. The van der Waals surface area contributed by atoms with Crippen molar-refractivity contribution in [2.45, 2.75) is 32.0 Å². The molecule has 3 nitrogen and oxygen atoms in total. The van der Waals surface area contributed by atoms with Crippen LogP contribution in [0.2, 0.25) is 0 Å². The Morgan fingerprint density at radius 1 is 1.32 bits per heavy atom. The van der Waals surface area contributed by atoms with E-state index in [4.69, 9.17) is 5.73 Å². The standard InChI is InChI=1S/C15H24FN3/c1-18(2)14-5-7-19(8-6-14)11-13-9-12(10-17)3-4-15(13)16/h3-4,9,14H,5-8,10-11,17H2,1-2H3. The molecule has 4 heteroatoms. The van der Waals surface area contributed by atoms with Gasteiger partial charge in [0.15, 0.2) is 0 Å². The van der Waals surface area contributed by atoms with Crippen molar-refractivity contribution >= 4 is 0 Å². The number of benzene rings is 1. The normalized spacial score (nSPS) is 18.2. The summed E-state index contributed by atoms with van der Waals surface area (Å²) in [6, 6.07) is 5.85. The lowest BCUT2D eigenvalue weighted by atomic mass is 10.0. The molecule has 1 heterocycles. The Morgan fingerprint density at radius 3 is 2.58 bits per heavy atom. The van der Waals surface area contributed by atoms with Crippen LogP contribution in [0.3, 0.4) is 0 Å². The molecule has 0 unspecified atom stereocenters. The SMILES string of the molecule is CN(C)C1CCN(Cc2cc(CN)ccc2F)CC1. The van der Waals surface area contributed by atoms with Gasteiger partial charge in [-0.15, -0.1) is 0 Å². The van der Waals surface area contributed by atoms with Crippen molar-refractivity contribution in [1.29, 1.82) is 0 Å². The van der Waals surface area contributed by atoms with Crippen LogP contribution in [0, 0.1) is 5.82 Å². The molecule has 0 bridgehead atoms. The molecule has 1 aromatic rings. The minimum atomic E-state index is -0.119. The molecule has 1 aliphatic rings. The van der Waals surface area contributed by atoms with E-state index in [0.717, 1.165) is 37.1 Å². The highest BCUT2D eigenvalue weighted by atomic mass is 19.1. The Balaban J connectivity index is 1.95. The summed E-state index contributed by atoms with van der Waals surface area (Å²) in [6.45, 7) is 3.24. The van der Waals surface area contributed by atoms with Crippen LogP contribution in [0.15, 0.2) is 18.2 Å². The van der Waals surface area contributed by atoms with Crippen LogP contribution in [0.1, 0.15) is 24.0 Å². The van der Waals surface area contributed by atoms with Gasteiger partial charge in [-0.2, -0.15) is 0 Å². The van der Waals surface area contributed by atoms with Crippen LogP contribution in [0.25, 0.3) is 0 Å². The second-order valence-corrected chi connectivity index (χ2v) is 5.60. The highest BCUT2D eigenvalue weighted by Crippen LogP contribution is 2.18. The molecule has 106 valence electrons. The molecular formula is C15H24FN3. The number of hydrogen-bond acceptors (Lipinski definition) is 3. The first kappa shape index (κ1) is 14.4. The Morgan fingerprint density at radius 2 is 2.00 bits per heavy atom. The van der Waals surface area contributed by atoms with E-state index >= 15 is 0 Å². The van der Waals surface area contributed by atoms with E-state index in [1.807, 2.05) is 6.07 Å². The molecular weight excluding hydrogens is 241 g/mol. The van der Waals surface area contributed by atoms with Crippen LogP contribution < -0.4 is 5.73 Å². The first-order chi connectivity index (χ1) is 9.10. The fourth-order valence-electron chi connectivity index (χ4n) is 2.71. The third-order valence-electron chi connectivity index (χ3n) is 4.03. The van der Waals surface area contributed by atoms with Gasteiger partial charge < -0.3 is 10.6 Å². The molecule has 2 N–H and O–H groups in total. The lowest BCUT2D eigenvalue weighted by molar-refractivity contribution is 0.139. The van der Waals surface area contributed by atoms with Gasteiger partial charge in [0.2, 0.25) is 0 Å². The van der Waals surface area contributed by atoms with Crippen molar-refractivity contribution in [1.82, 2.24) is 9.80 Å². The zero-order valence-corrected chi connectivity index (χ0v) is 11.9. The van der Waals surface area contributed by atoms with Crippen molar-refractivity contribution in [3.63, 3.8) is 0 Å². The van der Waals surface area contributed by atoms with E-state index < -0.39 is 0 Å². The molecule has 1 aliphatic heterocycles. The molecule has 1 fully saturated rings. The van der Waals surface area contributed by atoms with E-state index in [1.54, 1.807) is 6.07 Å². The monoisotopic (exact) mass is 265 g/mol. The molecule has 0 amide bonds. The zero-order chi connectivity index (χ0) is 13.8. The summed E-state index contributed by atoms with van der Waals surface area (Å²) in [5.74, 6) is -0.119. The third-order valence-corrected chi connectivity index (χ3v) is 4.03. The summed E-state index contributed by atoms with van der Waals surface area (Å²) in [4.78, 5) is 4.62. The van der Waals surface area contributed by atoms with E-state index in [9.17, 15) is 4.39 Å². The molecule has 1 saturated heterocycles. The second kappa shape index (κ2) is 6.46. The smallest absolute Gasteiger partial charge is 0.127 e. The first-order valence-electron chi connectivity index (χ1n) is 6.96. The average molecular weight is 265 g/mol. The van der Waals surface area contributed by atoms with Gasteiger partial charge in [0.1, 0.15) is 5.82 Å². The van der Waals surface area contributed by atoms with E-state index in [2.05, 4.69) is 23.9 Å². The van der Waals surface area contributed by atoms with Gasteiger partial charge >= 0.3 is 0 Å². The predicted molar refractivity (Wildman–Crippen MR) is 76.3 cm³/mol. The summed E-state index contributed by atoms with van der Waals surface area (Å²) >= 11 is 0. The van der Waals surface area contributed by atoms with Crippen LogP contribution >= 0.6 is 0 Å². The molecule has 0 atom stereocenters. The number of rotatable bonds is 4. The zero-order valence-electron chi connectivity index (χ0n) is 11.9. The number of hydrogen-bond donors (Lipinski definition) is 1. The van der Waals surface area contributed by atoms with Gasteiger partial charge in [-0.05, 0) is 51.7 Å². The molecule has 0 aromatic heterocycles. The van der Waals surface area contributed by atoms with Crippen molar-refractivity contribution in [3.8, 4) is 0 Å². The minimum absolute atomic E-state index is 0.119. The van der Waals surface area contributed by atoms with Gasteiger partial charge in [-0.1, -0.05) is 12.1 Å². The van der Waals surface area contributed by atoms with Crippen molar-refractivity contribution in [2.75, 3.05) is 27.2 Å². The van der Waals surface area contributed by atoms with Gasteiger partial charge in [0.25, 0.3) is 0 Å². The largest absolute Gasteiger partial charge is 0.326 e. The Labute approximate surface area is 115 Å². The van der Waals surface area contributed by atoms with Gasteiger partial charge in [-0.3, -0.25) is 4.90 Å². The Bertz CT molecular complexity index is 412. The number of halogens is 1. The van der Waals surface area contributed by atoms with Crippen LogP contribution in [0.5, 0.6) is 0 Å². The van der Waals surface area contributed by atoms with Gasteiger partial charge in [0, 0.05) is 24.7 Å².